The molecule has 2 atom stereocenters. The summed E-state index contributed by atoms with van der Waals surface area (Å²) in [6.45, 7) is 2.55. The molecule has 6 heterocycles. The smallest absolute Gasteiger partial charge is 0.870 e. The molecule has 2 aliphatic heterocycles. The summed E-state index contributed by atoms with van der Waals surface area (Å²) >= 11 is 0. The van der Waals surface area contributed by atoms with Crippen LogP contribution in [0.15, 0.2) is 61.2 Å². The average Bonchev–Trinajstić information content (AvgIpc) is 4.07. The van der Waals surface area contributed by atoms with Crippen molar-refractivity contribution in [2.45, 2.75) is 179 Å². The molecule has 83 heavy (non-hydrogen) atoms. The van der Waals surface area contributed by atoms with E-state index in [4.69, 9.17) is 39.5 Å². The number of aromatic nitrogens is 8. The maximum Gasteiger partial charge on any atom is 1.00 e. The van der Waals surface area contributed by atoms with Crippen LogP contribution in [-0.2, 0) is 23.8 Å². The Balaban J connectivity index is 0.000000233. The van der Waals surface area contributed by atoms with E-state index in [2.05, 4.69) is 41.6 Å². The first kappa shape index (κ1) is 63.7. The van der Waals surface area contributed by atoms with Gasteiger partial charge in [0.1, 0.15) is 12.5 Å². The van der Waals surface area contributed by atoms with E-state index in [-0.39, 0.29) is 61.0 Å². The van der Waals surface area contributed by atoms with Crippen LogP contribution in [0, 0.1) is 0 Å². The average molecular weight is 1140 g/mol. The predicted molar refractivity (Wildman–Crippen MR) is 312 cm³/mol. The summed E-state index contributed by atoms with van der Waals surface area (Å²) in [5.74, 6) is 1.13. The quantitative estimate of drug-likeness (QED) is 0.0173. The second-order valence-corrected chi connectivity index (χ2v) is 21.5. The molecule has 24 heteroatoms. The zero-order chi connectivity index (χ0) is 56.2. The van der Waals surface area contributed by atoms with Crippen molar-refractivity contribution in [3.8, 4) is 0 Å². The Morgan fingerprint density at radius 1 is 0.554 bits per heavy atom. The Kier molecular flexibility index (Phi) is 25.2. The molecule has 2 saturated heterocycles. The van der Waals surface area contributed by atoms with Crippen LogP contribution in [0.5, 0.6) is 0 Å². The van der Waals surface area contributed by atoms with Gasteiger partial charge in [-0.1, -0.05) is 51.4 Å². The van der Waals surface area contributed by atoms with E-state index in [1.165, 1.54) is 45.6 Å². The Labute approximate surface area is 496 Å². The number of aliphatic carboxylic acids is 1. The van der Waals surface area contributed by atoms with Gasteiger partial charge in [0.2, 0.25) is 11.9 Å². The van der Waals surface area contributed by atoms with Crippen molar-refractivity contribution < 1.29 is 62.8 Å². The van der Waals surface area contributed by atoms with Crippen molar-refractivity contribution in [1.29, 1.82) is 0 Å². The second kappa shape index (κ2) is 32.8. The molecule has 2 unspecified atom stereocenters. The van der Waals surface area contributed by atoms with Gasteiger partial charge in [0, 0.05) is 73.7 Å². The molecule has 6 aromatic rings. The molecule has 2 aromatic carbocycles. The topological polar surface area (TPSA) is 306 Å². The summed E-state index contributed by atoms with van der Waals surface area (Å²) in [6.07, 6.45) is 26.7. The maximum atomic E-state index is 12.6. The number of benzene rings is 2. The van der Waals surface area contributed by atoms with Gasteiger partial charge in [-0.3, -0.25) is 28.3 Å². The van der Waals surface area contributed by atoms with Crippen molar-refractivity contribution in [2.75, 3.05) is 54.7 Å². The molecule has 0 spiro atoms. The maximum absolute atomic E-state index is 12.6. The number of carbonyl (C=O) groups excluding carboxylic acids is 3. The van der Waals surface area contributed by atoms with E-state index in [1.54, 1.807) is 24.3 Å². The van der Waals surface area contributed by atoms with E-state index < -0.39 is 5.97 Å². The molecule has 4 aliphatic rings. The van der Waals surface area contributed by atoms with Crippen molar-refractivity contribution >= 4 is 81.0 Å². The first-order valence-electron chi connectivity index (χ1n) is 29.5. The standard InChI is InChI=1S/C30H41N7O4.C29H39N7O4.Li.H2O/c1-40-25(38)13-6-3-8-18-31-29(39)21-14-16-23(17-15-21)34-30-35-27(33-22-10-4-2-5-11-22)26-28(36-30)37(20-32-26)24-12-7-9-19-41-24;37-24(38)12-5-2-7-17-30-28(39)20-13-15-22(16-14-20)33-29-34-26(32-21-9-3-1-4-10-21)25-27(35-29)36(19-31-25)23-11-6-8-18-40-23;;/h14-17,20,22,24H,2-13,18-19H2,1H3,(H,31,39)(H2,33,34,35,36);13-16,19,21,23H,1-12,17-18H2,(H,30,39)(H,37,38)(H2,32,33,34,35);;1H2/q;;+1;/p-1. The van der Waals surface area contributed by atoms with Gasteiger partial charge in [-0.05, 0) is 138 Å². The fraction of sp³-hybridized carbons (Fsp3) is 0.559. The van der Waals surface area contributed by atoms with Crippen LogP contribution < -0.4 is 50.8 Å². The van der Waals surface area contributed by atoms with E-state index in [0.29, 0.717) is 61.0 Å². The molecule has 2 aliphatic carbocycles. The number of anilines is 6. The number of rotatable bonds is 24. The Bertz CT molecular complexity index is 2990. The zero-order valence-electron chi connectivity index (χ0n) is 48.2. The van der Waals surface area contributed by atoms with Gasteiger partial charge in [0.05, 0.1) is 19.8 Å². The number of carboxylic acid groups (broad SMARTS) is 1. The van der Waals surface area contributed by atoms with Gasteiger partial charge in [0.15, 0.2) is 34.0 Å². The number of amides is 2. The van der Waals surface area contributed by atoms with E-state index in [9.17, 15) is 19.2 Å². The minimum Gasteiger partial charge on any atom is -0.870 e. The van der Waals surface area contributed by atoms with Crippen molar-refractivity contribution in [2.24, 2.45) is 0 Å². The van der Waals surface area contributed by atoms with E-state index in [1.807, 2.05) is 46.1 Å². The number of carbonyl (C=O) groups is 4. The second-order valence-electron chi connectivity index (χ2n) is 21.5. The van der Waals surface area contributed by atoms with Gasteiger partial charge < -0.3 is 56.7 Å². The third kappa shape index (κ3) is 18.5. The van der Waals surface area contributed by atoms with Crippen molar-refractivity contribution in [1.82, 2.24) is 49.7 Å². The summed E-state index contributed by atoms with van der Waals surface area (Å²) in [7, 11) is 1.39. The third-order valence-corrected chi connectivity index (χ3v) is 15.4. The molecular formula is C59H81LiN14O9. The van der Waals surface area contributed by atoms with Gasteiger partial charge in [0.25, 0.3) is 11.8 Å². The molecule has 4 fully saturated rings. The molecule has 442 valence electrons. The molecule has 8 N–H and O–H groups in total. The third-order valence-electron chi connectivity index (χ3n) is 15.4. The van der Waals surface area contributed by atoms with Crippen LogP contribution in [0.1, 0.15) is 187 Å². The summed E-state index contributed by atoms with van der Waals surface area (Å²) < 4.78 is 20.8. The fourth-order valence-electron chi connectivity index (χ4n) is 10.9. The summed E-state index contributed by atoms with van der Waals surface area (Å²) in [5.41, 5.74) is 5.68. The van der Waals surface area contributed by atoms with Crippen LogP contribution in [-0.4, -0.2) is 119 Å². The molecule has 2 amide bonds. The molecule has 4 aromatic heterocycles. The van der Waals surface area contributed by atoms with Crippen LogP contribution in [0.25, 0.3) is 22.3 Å². The molecule has 23 nitrogen and oxygen atoms in total. The van der Waals surface area contributed by atoms with Crippen LogP contribution in [0.4, 0.5) is 34.9 Å². The number of unbranched alkanes of at least 4 members (excludes halogenated alkanes) is 4. The Morgan fingerprint density at radius 3 is 1.37 bits per heavy atom. The number of nitrogens with zero attached hydrogens (tertiary/aromatic N) is 8. The summed E-state index contributed by atoms with van der Waals surface area (Å²) in [4.78, 5) is 75.6. The van der Waals surface area contributed by atoms with Gasteiger partial charge in [-0.15, -0.1) is 0 Å². The van der Waals surface area contributed by atoms with Gasteiger partial charge >= 0.3 is 30.8 Å². The molecule has 0 bridgehead atoms. The van der Waals surface area contributed by atoms with E-state index in [0.717, 1.165) is 155 Å². The Morgan fingerprint density at radius 2 is 0.976 bits per heavy atom. The monoisotopic (exact) mass is 1140 g/mol. The zero-order valence-corrected chi connectivity index (χ0v) is 48.2. The first-order valence-corrected chi connectivity index (χ1v) is 29.5. The minimum absolute atomic E-state index is 0. The van der Waals surface area contributed by atoms with Crippen molar-refractivity contribution in [3.63, 3.8) is 0 Å². The number of esters is 1. The largest absolute Gasteiger partial charge is 1.00 e. The first-order chi connectivity index (χ1) is 39.7. The number of imidazole rings is 2. The molecule has 10 rings (SSSR count). The SMILES string of the molecule is COC(=O)CCCCCNC(=O)c1ccc(Nc2nc(NC3CCCCC3)c3ncn(C4CCCCO4)c3n2)cc1.O=C(O)CCCCCNC(=O)c1ccc(Nc2nc(NC3CCCCC3)c3ncn(C4CCCCO4)c3n2)cc1.[Li+].[OH-]. The summed E-state index contributed by atoms with van der Waals surface area (Å²) in [6, 6.07) is 15.2. The van der Waals surface area contributed by atoms with Crippen LogP contribution in [0.2, 0.25) is 0 Å². The van der Waals surface area contributed by atoms with Crippen LogP contribution >= 0.6 is 0 Å². The summed E-state index contributed by atoms with van der Waals surface area (Å²) in [5, 5.41) is 28.5. The number of ether oxygens (including phenoxy) is 3. The number of methoxy groups -OCH3 is 1. The molecule has 2 saturated carbocycles. The number of hydrogen-bond acceptors (Lipinski definition) is 18. The fourth-order valence-corrected chi connectivity index (χ4v) is 10.9. The van der Waals surface area contributed by atoms with Gasteiger partial charge in [-0.2, -0.15) is 19.9 Å². The number of hydrogen-bond donors (Lipinski definition) is 7. The predicted octanol–water partition coefficient (Wildman–Crippen LogP) is 7.69. The van der Waals surface area contributed by atoms with Crippen molar-refractivity contribution in [3.05, 3.63) is 72.3 Å². The van der Waals surface area contributed by atoms with E-state index >= 15 is 0 Å². The van der Waals surface area contributed by atoms with Crippen LogP contribution in [0.3, 0.4) is 0 Å². The molecular weight excluding hydrogens is 1060 g/mol. The molecule has 0 radical (unpaired) electrons. The van der Waals surface area contributed by atoms with Gasteiger partial charge in [-0.25, -0.2) is 9.97 Å². The number of nitrogens with one attached hydrogen (secondary N) is 6. The number of carboxylic acids is 1. The number of fused-ring (bicyclic) bond motifs is 2. The normalized spacial score (nSPS) is 17.4. The Hall–Kier alpha value is -6.90. The minimum atomic E-state index is -0.788.